The molecular formula is C32H48N6O2. The van der Waals surface area contributed by atoms with Crippen molar-refractivity contribution in [1.82, 2.24) is 0 Å². The summed E-state index contributed by atoms with van der Waals surface area (Å²) in [6.07, 6.45) is 30.8. The molecule has 2 rings (SSSR count). The average Bonchev–Trinajstić information content (AvgIpc) is 2.97. The van der Waals surface area contributed by atoms with Crippen LogP contribution in [-0.4, -0.2) is 24.6 Å². The van der Waals surface area contributed by atoms with Crippen LogP contribution in [0.15, 0.2) is 74.5 Å². The fourth-order valence-corrected chi connectivity index (χ4v) is 4.72. The van der Waals surface area contributed by atoms with E-state index in [1.165, 1.54) is 77.0 Å². The summed E-state index contributed by atoms with van der Waals surface area (Å²) in [6.45, 7) is 5.63. The van der Waals surface area contributed by atoms with Crippen LogP contribution in [0.3, 0.4) is 0 Å². The highest BCUT2D eigenvalue weighted by molar-refractivity contribution is 6.10. The lowest BCUT2D eigenvalue weighted by molar-refractivity contribution is 0.222. The summed E-state index contributed by atoms with van der Waals surface area (Å²) >= 11 is 0. The van der Waals surface area contributed by atoms with Gasteiger partial charge in [0.05, 0.1) is 13.2 Å². The molecule has 0 heterocycles. The van der Waals surface area contributed by atoms with Crippen molar-refractivity contribution in [2.45, 2.75) is 117 Å². The zero-order valence-corrected chi connectivity index (χ0v) is 24.7. The Kier molecular flexibility index (Phi) is 17.6. The predicted octanol–water partition coefficient (Wildman–Crippen LogP) is 10.1. The second kappa shape index (κ2) is 21.5. The summed E-state index contributed by atoms with van der Waals surface area (Å²) in [5.74, 6) is 1.14. The van der Waals surface area contributed by atoms with Crippen LogP contribution in [0.1, 0.15) is 117 Å². The van der Waals surface area contributed by atoms with E-state index in [0.29, 0.717) is 36.2 Å². The molecule has 0 N–H and O–H groups in total. The average molecular weight is 549 g/mol. The van der Waals surface area contributed by atoms with Crippen LogP contribution in [0, 0.1) is 5.39 Å². The van der Waals surface area contributed by atoms with Crippen LogP contribution >= 0.6 is 0 Å². The van der Waals surface area contributed by atoms with E-state index in [2.05, 4.69) is 34.4 Å². The molecule has 0 radical (unpaired) electrons. The van der Waals surface area contributed by atoms with Gasteiger partial charge in [0.2, 0.25) is 0 Å². The van der Waals surface area contributed by atoms with Crippen LogP contribution in [-0.2, 0) is 9.47 Å². The molecule has 0 spiro atoms. The Labute approximate surface area is 241 Å². The van der Waals surface area contributed by atoms with Gasteiger partial charge in [0.15, 0.2) is 16.6 Å². The van der Waals surface area contributed by atoms with Crippen molar-refractivity contribution < 1.29 is 9.47 Å². The van der Waals surface area contributed by atoms with Gasteiger partial charge >= 0.3 is 5.08 Å². The Morgan fingerprint density at radius 2 is 1.05 bits per heavy atom. The van der Waals surface area contributed by atoms with Gasteiger partial charge in [-0.25, -0.2) is 0 Å². The van der Waals surface area contributed by atoms with Crippen LogP contribution in [0.25, 0.3) is 10.6 Å². The lowest BCUT2D eigenvalue weighted by Crippen LogP contribution is -2.11. The van der Waals surface area contributed by atoms with Crippen LogP contribution in [0.4, 0.5) is 0 Å². The van der Waals surface area contributed by atoms with E-state index >= 15 is 0 Å². The van der Waals surface area contributed by atoms with Gasteiger partial charge in [-0.2, -0.15) is 0 Å². The molecule has 2 aliphatic carbocycles. The maximum Gasteiger partial charge on any atom is 0.339 e. The Morgan fingerprint density at radius 3 is 1.50 bits per heavy atom. The van der Waals surface area contributed by atoms with Crippen molar-refractivity contribution in [2.24, 2.45) is 15.4 Å². The second-order valence-electron chi connectivity index (χ2n) is 10.4. The van der Waals surface area contributed by atoms with Crippen molar-refractivity contribution >= 4 is 11.4 Å². The molecule has 0 aromatic heterocycles. The highest BCUT2D eigenvalue weighted by Gasteiger charge is 2.18. The zero-order chi connectivity index (χ0) is 28.7. The fourth-order valence-electron chi connectivity index (χ4n) is 4.72. The first-order chi connectivity index (χ1) is 19.7. The van der Waals surface area contributed by atoms with Gasteiger partial charge in [0.1, 0.15) is 5.76 Å². The molecule has 0 unspecified atom stereocenters. The van der Waals surface area contributed by atoms with E-state index in [4.69, 9.17) is 20.4 Å². The van der Waals surface area contributed by atoms with Gasteiger partial charge in [-0.15, -0.1) is 0 Å². The first-order valence-corrected chi connectivity index (χ1v) is 15.4. The molecule has 0 amide bonds. The number of hydrogen-bond acceptors (Lipinski definition) is 5. The topological polar surface area (TPSA) is 106 Å². The van der Waals surface area contributed by atoms with Gasteiger partial charge in [0.25, 0.3) is 5.39 Å². The van der Waals surface area contributed by atoms with Crippen molar-refractivity contribution in [3.8, 4) is 0 Å². The van der Waals surface area contributed by atoms with Crippen LogP contribution < -0.4 is 0 Å². The predicted molar refractivity (Wildman–Crippen MR) is 164 cm³/mol. The number of ether oxygens (including phenoxy) is 2. The standard InChI is InChI=1S/C32H48N6O2/c1-3-5-7-9-11-13-15-17-23-39-31-25-27(19-21-29(31)35-37-33)28-20-22-30(36-38-34)32(26-28)40-24-18-16-14-12-10-8-6-4-2/h19-22,25-26H,3-18,23-24H2,1-2H3. The van der Waals surface area contributed by atoms with Gasteiger partial charge in [0, 0.05) is 5.71 Å². The van der Waals surface area contributed by atoms with Crippen molar-refractivity contribution in [3.05, 3.63) is 69.7 Å². The lowest BCUT2D eigenvalue weighted by atomic mass is 9.97. The molecule has 8 nitrogen and oxygen atoms in total. The number of hydrogen-bond donors (Lipinski definition) is 0. The zero-order valence-electron chi connectivity index (χ0n) is 24.7. The van der Waals surface area contributed by atoms with E-state index < -0.39 is 0 Å². The first kappa shape index (κ1) is 32.9. The first-order valence-electron chi connectivity index (χ1n) is 15.4. The summed E-state index contributed by atoms with van der Waals surface area (Å²) in [5, 5.41) is 22.6. The van der Waals surface area contributed by atoms with Gasteiger partial charge in [-0.3, -0.25) is 5.22 Å². The molecule has 0 aromatic rings. The molecule has 40 heavy (non-hydrogen) atoms. The molecule has 0 bridgehead atoms. The minimum absolute atomic E-state index is 0.475. The number of allylic oxidation sites excluding steroid dienone is 8. The Hall–Kier alpha value is -3.34. The number of unbranched alkanes of at least 4 members (excludes halogenated alkanes) is 14. The molecule has 2 aliphatic rings. The molecule has 218 valence electrons. The molecule has 0 saturated carbocycles. The van der Waals surface area contributed by atoms with Crippen molar-refractivity contribution in [2.75, 3.05) is 13.2 Å². The van der Waals surface area contributed by atoms with E-state index in [-0.39, 0.29) is 0 Å². The number of diazo groups is 1. The molecule has 0 aliphatic heterocycles. The summed E-state index contributed by atoms with van der Waals surface area (Å²) in [7, 11) is 0. The highest BCUT2D eigenvalue weighted by atomic mass is 16.5. The quantitative estimate of drug-likeness (QED) is 0.0616. The minimum Gasteiger partial charge on any atom is -0.493 e. The van der Waals surface area contributed by atoms with Gasteiger partial charge in [-0.1, -0.05) is 122 Å². The molecule has 0 saturated heterocycles. The second-order valence-corrected chi connectivity index (χ2v) is 10.4. The SMILES string of the molecule is CCCCCCCCCCOC1=CC(=C2C=CC(=N[N+]#N)C(OCCCCCCCCCC)=C2)C=CC1=NN=[N-]. The fraction of sp³-hybridized carbons (Fsp3) is 0.625. The Morgan fingerprint density at radius 1 is 0.625 bits per heavy atom. The largest absolute Gasteiger partial charge is 0.493 e. The molecule has 8 heteroatoms. The number of nitrogens with zero attached hydrogens (tertiary/aromatic N) is 6. The molecule has 0 aromatic carbocycles. The van der Waals surface area contributed by atoms with E-state index in [9.17, 15) is 0 Å². The third-order valence-corrected chi connectivity index (χ3v) is 7.07. The maximum absolute atomic E-state index is 9.01. The maximum atomic E-state index is 9.01. The van der Waals surface area contributed by atoms with Gasteiger partial charge in [-0.05, 0) is 42.2 Å². The van der Waals surface area contributed by atoms with Crippen LogP contribution in [0.2, 0.25) is 0 Å². The lowest BCUT2D eigenvalue weighted by Gasteiger charge is -2.19. The highest BCUT2D eigenvalue weighted by Crippen LogP contribution is 2.25. The Bertz CT molecular complexity index is 1030. The normalized spacial score (nSPS) is 18.5. The van der Waals surface area contributed by atoms with Crippen molar-refractivity contribution in [1.29, 1.82) is 5.39 Å². The Balaban J connectivity index is 1.97. The third kappa shape index (κ3) is 13.1. The summed E-state index contributed by atoms with van der Waals surface area (Å²) < 4.78 is 12.1. The minimum atomic E-state index is 0.475. The van der Waals surface area contributed by atoms with E-state index in [1.54, 1.807) is 12.2 Å². The molecular weight excluding hydrogens is 500 g/mol. The molecule has 0 fully saturated rings. The summed E-state index contributed by atoms with van der Waals surface area (Å²) in [5.41, 5.74) is 11.8. The molecule has 0 atom stereocenters. The summed E-state index contributed by atoms with van der Waals surface area (Å²) in [4.78, 5) is 0. The number of rotatable bonds is 21. The van der Waals surface area contributed by atoms with Crippen molar-refractivity contribution in [3.63, 3.8) is 0 Å². The monoisotopic (exact) mass is 548 g/mol. The van der Waals surface area contributed by atoms with E-state index in [0.717, 1.165) is 36.8 Å². The summed E-state index contributed by atoms with van der Waals surface area (Å²) in [6, 6.07) is 0. The van der Waals surface area contributed by atoms with Crippen LogP contribution in [0.5, 0.6) is 0 Å². The smallest absolute Gasteiger partial charge is 0.339 e. The van der Waals surface area contributed by atoms with E-state index in [1.807, 2.05) is 24.3 Å². The third-order valence-electron chi connectivity index (χ3n) is 7.07. The van der Waals surface area contributed by atoms with Gasteiger partial charge < -0.3 is 20.1 Å².